The third-order valence-electron chi connectivity index (χ3n) is 3.57. The van der Waals surface area contributed by atoms with Gasteiger partial charge in [0.05, 0.1) is 0 Å². The van der Waals surface area contributed by atoms with Crippen molar-refractivity contribution in [3.05, 3.63) is 32.7 Å². The summed E-state index contributed by atoms with van der Waals surface area (Å²) in [6, 6.07) is 6.87. The molecular formula is C18H29Br2N. The summed E-state index contributed by atoms with van der Waals surface area (Å²) in [6.45, 7) is 12.6. The van der Waals surface area contributed by atoms with Crippen LogP contribution in [0.2, 0.25) is 0 Å². The lowest BCUT2D eigenvalue weighted by Crippen LogP contribution is -2.25. The summed E-state index contributed by atoms with van der Waals surface area (Å²) >= 11 is 7.31. The lowest BCUT2D eigenvalue weighted by molar-refractivity contribution is 0.275. The molecule has 0 heterocycles. The second-order valence-corrected chi connectivity index (χ2v) is 9.05. The normalized spacial score (nSPS) is 15.0. The van der Waals surface area contributed by atoms with Crippen molar-refractivity contribution in [3.63, 3.8) is 0 Å². The van der Waals surface area contributed by atoms with Gasteiger partial charge in [-0.25, -0.2) is 0 Å². The summed E-state index contributed by atoms with van der Waals surface area (Å²) in [4.78, 5) is 0. The number of rotatable bonds is 7. The Balaban J connectivity index is 2.87. The van der Waals surface area contributed by atoms with E-state index in [1.807, 2.05) is 0 Å². The van der Waals surface area contributed by atoms with Gasteiger partial charge in [0.15, 0.2) is 0 Å². The second kappa shape index (κ2) is 8.69. The van der Waals surface area contributed by atoms with Crippen molar-refractivity contribution in [2.75, 3.05) is 6.54 Å². The van der Waals surface area contributed by atoms with E-state index in [4.69, 9.17) is 0 Å². The van der Waals surface area contributed by atoms with E-state index in [1.165, 1.54) is 22.9 Å². The highest BCUT2D eigenvalue weighted by Crippen LogP contribution is 2.34. The molecule has 1 aromatic rings. The number of hydrogen-bond acceptors (Lipinski definition) is 1. The molecule has 21 heavy (non-hydrogen) atoms. The molecule has 2 atom stereocenters. The Kier molecular flexibility index (Phi) is 7.94. The molecule has 1 aromatic carbocycles. The van der Waals surface area contributed by atoms with Gasteiger partial charge in [0.25, 0.3) is 0 Å². The van der Waals surface area contributed by atoms with Crippen molar-refractivity contribution in [2.24, 2.45) is 11.3 Å². The highest BCUT2D eigenvalue weighted by molar-refractivity contribution is 9.11. The maximum atomic E-state index is 3.72. The molecule has 0 saturated heterocycles. The van der Waals surface area contributed by atoms with Gasteiger partial charge in [0.2, 0.25) is 0 Å². The van der Waals surface area contributed by atoms with Crippen molar-refractivity contribution in [1.29, 1.82) is 0 Å². The molecule has 0 fully saturated rings. The summed E-state index contributed by atoms with van der Waals surface area (Å²) in [5, 5.41) is 3.72. The maximum Gasteiger partial charge on any atom is 0.0334 e. The lowest BCUT2D eigenvalue weighted by Gasteiger charge is -2.28. The molecule has 0 bridgehead atoms. The third-order valence-corrected chi connectivity index (χ3v) is 4.79. The SMILES string of the molecule is CCCNC(CC(C)CC(C)(C)C)c1cc(Br)ccc1Br. The summed E-state index contributed by atoms with van der Waals surface area (Å²) in [6.07, 6.45) is 3.59. The van der Waals surface area contributed by atoms with E-state index in [0.29, 0.717) is 17.4 Å². The zero-order valence-electron chi connectivity index (χ0n) is 14.0. The van der Waals surface area contributed by atoms with Crippen molar-refractivity contribution < 1.29 is 0 Å². The highest BCUT2D eigenvalue weighted by Gasteiger charge is 2.21. The Morgan fingerprint density at radius 1 is 1.19 bits per heavy atom. The monoisotopic (exact) mass is 417 g/mol. The molecule has 0 aliphatic carbocycles. The second-order valence-electron chi connectivity index (χ2n) is 7.28. The van der Waals surface area contributed by atoms with Crippen LogP contribution in [0.25, 0.3) is 0 Å². The number of halogens is 2. The molecule has 120 valence electrons. The average Bonchev–Trinajstić information content (AvgIpc) is 2.35. The fraction of sp³-hybridized carbons (Fsp3) is 0.667. The highest BCUT2D eigenvalue weighted by atomic mass is 79.9. The molecule has 0 amide bonds. The molecule has 3 heteroatoms. The first-order valence-electron chi connectivity index (χ1n) is 7.91. The van der Waals surface area contributed by atoms with Gasteiger partial charge in [-0.1, -0.05) is 66.5 Å². The molecular weight excluding hydrogens is 390 g/mol. The van der Waals surface area contributed by atoms with Crippen LogP contribution in [-0.4, -0.2) is 6.54 Å². The van der Waals surface area contributed by atoms with E-state index < -0.39 is 0 Å². The minimum Gasteiger partial charge on any atom is -0.310 e. The summed E-state index contributed by atoms with van der Waals surface area (Å²) < 4.78 is 2.34. The Hall–Kier alpha value is 0.140. The van der Waals surface area contributed by atoms with Crippen molar-refractivity contribution in [1.82, 2.24) is 5.32 Å². The predicted octanol–water partition coefficient (Wildman–Crippen LogP) is 6.71. The van der Waals surface area contributed by atoms with Gasteiger partial charge in [-0.15, -0.1) is 0 Å². The van der Waals surface area contributed by atoms with Gasteiger partial charge in [-0.2, -0.15) is 0 Å². The fourth-order valence-corrected chi connectivity index (χ4v) is 3.85. The molecule has 1 rings (SSSR count). The molecule has 0 spiro atoms. The van der Waals surface area contributed by atoms with Crippen LogP contribution >= 0.6 is 31.9 Å². The van der Waals surface area contributed by atoms with Crippen LogP contribution in [0.15, 0.2) is 27.1 Å². The lowest BCUT2D eigenvalue weighted by atomic mass is 9.82. The Bertz CT molecular complexity index is 437. The first-order valence-corrected chi connectivity index (χ1v) is 9.50. The molecule has 2 unspecified atom stereocenters. The molecule has 0 saturated carbocycles. The zero-order chi connectivity index (χ0) is 16.0. The fourth-order valence-electron chi connectivity index (χ4n) is 2.95. The summed E-state index contributed by atoms with van der Waals surface area (Å²) in [7, 11) is 0. The van der Waals surface area contributed by atoms with Gasteiger partial charge in [-0.05, 0) is 60.9 Å². The van der Waals surface area contributed by atoms with E-state index in [0.717, 1.165) is 17.4 Å². The van der Waals surface area contributed by atoms with Crippen molar-refractivity contribution >= 4 is 31.9 Å². The Morgan fingerprint density at radius 2 is 1.86 bits per heavy atom. The third kappa shape index (κ3) is 7.30. The first kappa shape index (κ1) is 19.2. The van der Waals surface area contributed by atoms with Crippen LogP contribution in [0.5, 0.6) is 0 Å². The minimum absolute atomic E-state index is 0.392. The van der Waals surface area contributed by atoms with E-state index in [9.17, 15) is 0 Å². The standard InChI is InChI=1S/C18H29Br2N/c1-6-9-21-17(10-13(2)12-18(3,4)5)15-11-14(19)7-8-16(15)20/h7-8,11,13,17,21H,6,9-10,12H2,1-5H3. The van der Waals surface area contributed by atoms with Crippen LogP contribution in [0.4, 0.5) is 0 Å². The van der Waals surface area contributed by atoms with E-state index in [2.05, 4.69) is 90.0 Å². The molecule has 1 N–H and O–H groups in total. The van der Waals surface area contributed by atoms with Crippen molar-refractivity contribution in [2.45, 2.75) is 59.9 Å². The maximum absolute atomic E-state index is 3.72. The predicted molar refractivity (Wildman–Crippen MR) is 101 cm³/mol. The van der Waals surface area contributed by atoms with Gasteiger partial charge >= 0.3 is 0 Å². The quantitative estimate of drug-likeness (QED) is 0.518. The number of benzene rings is 1. The van der Waals surface area contributed by atoms with Gasteiger partial charge in [-0.3, -0.25) is 0 Å². The molecule has 0 aromatic heterocycles. The largest absolute Gasteiger partial charge is 0.310 e. The van der Waals surface area contributed by atoms with Gasteiger partial charge < -0.3 is 5.32 Å². The first-order chi connectivity index (χ1) is 9.73. The summed E-state index contributed by atoms with van der Waals surface area (Å²) in [5.74, 6) is 0.699. The molecule has 0 aliphatic heterocycles. The Morgan fingerprint density at radius 3 is 2.43 bits per heavy atom. The van der Waals surface area contributed by atoms with E-state index in [-0.39, 0.29) is 0 Å². The average molecular weight is 419 g/mol. The van der Waals surface area contributed by atoms with Crippen LogP contribution < -0.4 is 5.32 Å². The van der Waals surface area contributed by atoms with E-state index in [1.54, 1.807) is 0 Å². The smallest absolute Gasteiger partial charge is 0.0334 e. The minimum atomic E-state index is 0.392. The topological polar surface area (TPSA) is 12.0 Å². The van der Waals surface area contributed by atoms with Crippen LogP contribution in [0.1, 0.15) is 65.5 Å². The molecule has 0 aliphatic rings. The van der Waals surface area contributed by atoms with Crippen LogP contribution in [0, 0.1) is 11.3 Å². The zero-order valence-corrected chi connectivity index (χ0v) is 17.1. The Labute approximate surface area is 147 Å². The summed E-state index contributed by atoms with van der Waals surface area (Å²) in [5.41, 5.74) is 1.75. The number of hydrogen-bond donors (Lipinski definition) is 1. The number of nitrogens with one attached hydrogen (secondary N) is 1. The molecule has 0 radical (unpaired) electrons. The molecule has 1 nitrogen and oxygen atoms in total. The van der Waals surface area contributed by atoms with Gasteiger partial charge in [0, 0.05) is 15.0 Å². The van der Waals surface area contributed by atoms with Crippen LogP contribution in [-0.2, 0) is 0 Å². The van der Waals surface area contributed by atoms with Crippen LogP contribution in [0.3, 0.4) is 0 Å². The van der Waals surface area contributed by atoms with E-state index >= 15 is 0 Å². The van der Waals surface area contributed by atoms with Gasteiger partial charge in [0.1, 0.15) is 0 Å². The van der Waals surface area contributed by atoms with Crippen molar-refractivity contribution in [3.8, 4) is 0 Å².